The Morgan fingerprint density at radius 3 is 2.76 bits per heavy atom. The lowest BCUT2D eigenvalue weighted by Gasteiger charge is -2.20. The molecule has 29 heavy (non-hydrogen) atoms. The monoisotopic (exact) mass is 393 g/mol. The van der Waals surface area contributed by atoms with E-state index in [0.717, 1.165) is 44.0 Å². The fourth-order valence-corrected chi connectivity index (χ4v) is 3.57. The van der Waals surface area contributed by atoms with Gasteiger partial charge in [-0.3, -0.25) is 9.79 Å². The molecule has 6 nitrogen and oxygen atoms in total. The molecule has 1 saturated heterocycles. The van der Waals surface area contributed by atoms with Gasteiger partial charge in [0, 0.05) is 50.5 Å². The third kappa shape index (κ3) is 5.98. The van der Waals surface area contributed by atoms with Crippen LogP contribution in [-0.2, 0) is 6.42 Å². The first-order chi connectivity index (χ1) is 14.2. The third-order valence-electron chi connectivity index (χ3n) is 5.08. The number of benzene rings is 2. The molecule has 0 bridgehead atoms. The number of nitrogens with zero attached hydrogens (tertiary/aromatic N) is 2. The Kier molecular flexibility index (Phi) is 7.50. The number of carbonyl (C=O) groups excluding carboxylic acids is 1. The van der Waals surface area contributed by atoms with Gasteiger partial charge in [0.25, 0.3) is 5.91 Å². The van der Waals surface area contributed by atoms with Gasteiger partial charge in [0.05, 0.1) is 0 Å². The first-order valence-electron chi connectivity index (χ1n) is 10.4. The first kappa shape index (κ1) is 20.7. The summed E-state index contributed by atoms with van der Waals surface area (Å²) in [4.78, 5) is 18.9. The molecule has 1 fully saturated rings. The van der Waals surface area contributed by atoms with Gasteiger partial charge in [-0.1, -0.05) is 30.3 Å². The molecule has 0 aliphatic carbocycles. The van der Waals surface area contributed by atoms with E-state index in [1.54, 1.807) is 7.05 Å². The van der Waals surface area contributed by atoms with Crippen molar-refractivity contribution in [3.63, 3.8) is 0 Å². The highest BCUT2D eigenvalue weighted by Gasteiger charge is 2.23. The summed E-state index contributed by atoms with van der Waals surface area (Å²) in [7, 11) is 1.65. The van der Waals surface area contributed by atoms with Crippen molar-refractivity contribution in [3.8, 4) is 0 Å². The molecule has 1 amide bonds. The van der Waals surface area contributed by atoms with Crippen molar-refractivity contribution in [1.29, 1.82) is 0 Å². The Bertz CT molecular complexity index is 821. The van der Waals surface area contributed by atoms with Crippen molar-refractivity contribution < 1.29 is 4.79 Å². The number of guanidine groups is 1. The van der Waals surface area contributed by atoms with Gasteiger partial charge in [-0.25, -0.2) is 0 Å². The zero-order valence-electron chi connectivity index (χ0n) is 17.3. The van der Waals surface area contributed by atoms with E-state index in [1.807, 2.05) is 24.3 Å². The van der Waals surface area contributed by atoms with E-state index < -0.39 is 0 Å². The number of hydrogen-bond donors (Lipinski definition) is 3. The molecule has 0 saturated carbocycles. The second-order valence-corrected chi connectivity index (χ2v) is 7.20. The van der Waals surface area contributed by atoms with Gasteiger partial charge in [-0.15, -0.1) is 0 Å². The zero-order chi connectivity index (χ0) is 20.5. The lowest BCUT2D eigenvalue weighted by Crippen LogP contribution is -2.44. The van der Waals surface area contributed by atoms with Crippen LogP contribution in [0.1, 0.15) is 29.3 Å². The SMILES string of the molecule is CCNC(=NCCc1cccc(C(=O)NC)c1)NC1CCN(c2ccccc2)C1. The lowest BCUT2D eigenvalue weighted by atomic mass is 10.1. The molecule has 2 aromatic carbocycles. The highest BCUT2D eigenvalue weighted by Crippen LogP contribution is 2.19. The number of rotatable bonds is 7. The fraction of sp³-hybridized carbons (Fsp3) is 0.391. The number of hydrogen-bond acceptors (Lipinski definition) is 3. The molecular weight excluding hydrogens is 362 g/mol. The Hall–Kier alpha value is -3.02. The largest absolute Gasteiger partial charge is 0.369 e. The molecule has 1 aliphatic heterocycles. The van der Waals surface area contributed by atoms with Gasteiger partial charge in [0.1, 0.15) is 0 Å². The van der Waals surface area contributed by atoms with Crippen molar-refractivity contribution in [2.45, 2.75) is 25.8 Å². The second kappa shape index (κ2) is 10.5. The third-order valence-corrected chi connectivity index (χ3v) is 5.08. The molecule has 3 N–H and O–H groups in total. The molecule has 1 aliphatic rings. The van der Waals surface area contributed by atoms with Crippen LogP contribution >= 0.6 is 0 Å². The molecule has 0 aromatic heterocycles. The summed E-state index contributed by atoms with van der Waals surface area (Å²) >= 11 is 0. The standard InChI is InChI=1S/C23H31N5O/c1-3-25-23(26-14-12-18-8-7-9-19(16-18)22(29)24-2)27-20-13-15-28(17-20)21-10-5-4-6-11-21/h4-11,16,20H,3,12-15,17H2,1-2H3,(H,24,29)(H2,25,26,27). The number of carbonyl (C=O) groups is 1. The topological polar surface area (TPSA) is 68.8 Å². The van der Waals surface area contributed by atoms with Crippen molar-refractivity contribution in [2.75, 3.05) is 38.1 Å². The van der Waals surface area contributed by atoms with E-state index >= 15 is 0 Å². The van der Waals surface area contributed by atoms with E-state index in [1.165, 1.54) is 5.69 Å². The average Bonchev–Trinajstić information content (AvgIpc) is 3.22. The first-order valence-corrected chi connectivity index (χ1v) is 10.4. The quantitative estimate of drug-likeness (QED) is 0.499. The molecule has 1 heterocycles. The van der Waals surface area contributed by atoms with Crippen molar-refractivity contribution in [1.82, 2.24) is 16.0 Å². The molecule has 0 spiro atoms. The van der Waals surface area contributed by atoms with Crippen LogP contribution < -0.4 is 20.9 Å². The maximum absolute atomic E-state index is 11.8. The Morgan fingerprint density at radius 1 is 1.17 bits per heavy atom. The summed E-state index contributed by atoms with van der Waals surface area (Å²) < 4.78 is 0. The molecular formula is C23H31N5O. The Labute approximate surface area is 173 Å². The molecule has 6 heteroatoms. The lowest BCUT2D eigenvalue weighted by molar-refractivity contribution is 0.0963. The number of anilines is 1. The van der Waals surface area contributed by atoms with Crippen LogP contribution in [0.25, 0.3) is 0 Å². The maximum atomic E-state index is 11.8. The van der Waals surface area contributed by atoms with Crippen LogP contribution in [0.15, 0.2) is 59.6 Å². The van der Waals surface area contributed by atoms with E-state index in [4.69, 9.17) is 4.99 Å². The summed E-state index contributed by atoms with van der Waals surface area (Å²) in [5.41, 5.74) is 3.07. The fourth-order valence-electron chi connectivity index (χ4n) is 3.57. The molecule has 0 radical (unpaired) electrons. The predicted molar refractivity (Wildman–Crippen MR) is 120 cm³/mol. The second-order valence-electron chi connectivity index (χ2n) is 7.20. The molecule has 2 aromatic rings. The van der Waals surface area contributed by atoms with Crippen LogP contribution in [0.2, 0.25) is 0 Å². The molecule has 1 unspecified atom stereocenters. The van der Waals surface area contributed by atoms with Gasteiger partial charge < -0.3 is 20.9 Å². The molecule has 1 atom stereocenters. The molecule has 154 valence electrons. The highest BCUT2D eigenvalue weighted by atomic mass is 16.1. The van der Waals surface area contributed by atoms with Crippen LogP contribution in [0.5, 0.6) is 0 Å². The summed E-state index contributed by atoms with van der Waals surface area (Å²) in [6.45, 7) is 5.60. The van der Waals surface area contributed by atoms with Gasteiger partial charge in [-0.2, -0.15) is 0 Å². The number of para-hydroxylation sites is 1. The van der Waals surface area contributed by atoms with E-state index in [2.05, 4.69) is 58.1 Å². The molecule has 3 rings (SSSR count). The number of nitrogens with one attached hydrogen (secondary N) is 3. The number of aliphatic imine (C=N–C) groups is 1. The van der Waals surface area contributed by atoms with Crippen molar-refractivity contribution in [3.05, 3.63) is 65.7 Å². The number of amides is 1. The summed E-state index contributed by atoms with van der Waals surface area (Å²) in [5.74, 6) is 0.796. The average molecular weight is 394 g/mol. The van der Waals surface area contributed by atoms with Gasteiger partial charge in [0.15, 0.2) is 5.96 Å². The van der Waals surface area contributed by atoms with Crippen LogP contribution in [-0.4, -0.2) is 51.1 Å². The van der Waals surface area contributed by atoms with Gasteiger partial charge in [-0.05, 0) is 49.6 Å². The summed E-state index contributed by atoms with van der Waals surface area (Å²) in [6.07, 6.45) is 1.88. The van der Waals surface area contributed by atoms with Crippen LogP contribution in [0, 0.1) is 0 Å². The minimum Gasteiger partial charge on any atom is -0.369 e. The normalized spacial score (nSPS) is 16.6. The van der Waals surface area contributed by atoms with Crippen molar-refractivity contribution >= 4 is 17.6 Å². The van der Waals surface area contributed by atoms with E-state index in [-0.39, 0.29) is 5.91 Å². The van der Waals surface area contributed by atoms with Gasteiger partial charge in [0.2, 0.25) is 0 Å². The van der Waals surface area contributed by atoms with E-state index in [0.29, 0.717) is 18.2 Å². The van der Waals surface area contributed by atoms with E-state index in [9.17, 15) is 4.79 Å². The highest BCUT2D eigenvalue weighted by molar-refractivity contribution is 5.94. The maximum Gasteiger partial charge on any atom is 0.251 e. The Balaban J connectivity index is 1.54. The Morgan fingerprint density at radius 2 is 2.00 bits per heavy atom. The smallest absolute Gasteiger partial charge is 0.251 e. The summed E-state index contributed by atoms with van der Waals surface area (Å²) in [6, 6.07) is 18.6. The van der Waals surface area contributed by atoms with Crippen LogP contribution in [0.4, 0.5) is 5.69 Å². The van der Waals surface area contributed by atoms with Crippen molar-refractivity contribution in [2.24, 2.45) is 4.99 Å². The minimum atomic E-state index is -0.0606. The zero-order valence-corrected chi connectivity index (χ0v) is 17.3. The minimum absolute atomic E-state index is 0.0606. The van der Waals surface area contributed by atoms with Crippen LogP contribution in [0.3, 0.4) is 0 Å². The predicted octanol–water partition coefficient (Wildman–Crippen LogP) is 2.42. The van der Waals surface area contributed by atoms with Gasteiger partial charge >= 0.3 is 0 Å². The summed E-state index contributed by atoms with van der Waals surface area (Å²) in [5, 5.41) is 9.58.